The average molecular weight is 606 g/mol. The highest BCUT2D eigenvalue weighted by atomic mass is 16.5. The van der Waals surface area contributed by atoms with Crippen LogP contribution in [0.15, 0.2) is 36.1 Å². The van der Waals surface area contributed by atoms with Gasteiger partial charge in [0.15, 0.2) is 0 Å². The zero-order chi connectivity index (χ0) is 32.0. The Balaban J connectivity index is 0.00000217. The number of aliphatic carboxylic acids is 1. The lowest BCUT2D eigenvalue weighted by atomic mass is 10.0. The Kier molecular flexibility index (Phi) is 20.1. The number of carboxylic acids is 1. The van der Waals surface area contributed by atoms with E-state index in [9.17, 15) is 9.59 Å². The number of hydrogen-bond acceptors (Lipinski definition) is 6. The molecule has 10 heteroatoms. The third-order valence-electron chi connectivity index (χ3n) is 7.76. The number of carbonyl (C=O) groups is 3. The molecule has 0 spiro atoms. The smallest absolute Gasteiger partial charge is 0.319 e. The molecule has 2 aliphatic heterocycles. The molecular formula is C33H59N5O5. The molecule has 2 fully saturated rings. The first-order valence-electron chi connectivity index (χ1n) is 16.1. The number of urea groups is 1. The van der Waals surface area contributed by atoms with E-state index in [2.05, 4.69) is 35.0 Å². The predicted molar refractivity (Wildman–Crippen MR) is 174 cm³/mol. The molecule has 0 saturated carbocycles. The van der Waals surface area contributed by atoms with Gasteiger partial charge < -0.3 is 30.3 Å². The van der Waals surface area contributed by atoms with Crippen molar-refractivity contribution in [3.05, 3.63) is 36.1 Å². The first-order valence-corrected chi connectivity index (χ1v) is 16.1. The lowest BCUT2D eigenvalue weighted by molar-refractivity contribution is -0.134. The van der Waals surface area contributed by atoms with Crippen LogP contribution < -0.4 is 5.73 Å². The van der Waals surface area contributed by atoms with Crippen LogP contribution in [-0.2, 0) is 14.3 Å². The fourth-order valence-corrected chi connectivity index (χ4v) is 5.33. The van der Waals surface area contributed by atoms with Crippen molar-refractivity contribution in [3.8, 4) is 0 Å². The van der Waals surface area contributed by atoms with Crippen LogP contribution >= 0.6 is 0 Å². The van der Waals surface area contributed by atoms with E-state index in [1.807, 2.05) is 37.9 Å². The van der Waals surface area contributed by atoms with E-state index in [4.69, 9.17) is 20.4 Å². The van der Waals surface area contributed by atoms with Crippen LogP contribution in [0.1, 0.15) is 79.1 Å². The Morgan fingerprint density at radius 3 is 2.49 bits per heavy atom. The summed E-state index contributed by atoms with van der Waals surface area (Å²) in [5.74, 6) is 0.684. The topological polar surface area (TPSA) is 120 Å². The maximum Gasteiger partial charge on any atom is 0.319 e. The van der Waals surface area contributed by atoms with Crippen LogP contribution in [0.3, 0.4) is 0 Å². The zero-order valence-electron chi connectivity index (χ0n) is 27.5. The van der Waals surface area contributed by atoms with Crippen LogP contribution in [0.4, 0.5) is 4.79 Å². The van der Waals surface area contributed by atoms with E-state index >= 15 is 0 Å². The minimum atomic E-state index is -0.833. The van der Waals surface area contributed by atoms with E-state index in [0.717, 1.165) is 103 Å². The molecule has 0 aliphatic carbocycles. The number of ether oxygens (including phenoxy) is 1. The van der Waals surface area contributed by atoms with Crippen molar-refractivity contribution in [3.63, 3.8) is 0 Å². The first kappa shape index (κ1) is 38.2. The number of carbonyl (C=O) groups excluding carboxylic acids is 2. The van der Waals surface area contributed by atoms with Gasteiger partial charge in [0.2, 0.25) is 5.91 Å². The van der Waals surface area contributed by atoms with Crippen LogP contribution in [0.2, 0.25) is 0 Å². The van der Waals surface area contributed by atoms with Gasteiger partial charge in [-0.2, -0.15) is 0 Å². The standard InChI is InChI=1S/C31H55N5O3.C2H4O2/c1-5-7-12-23-39-27(3)14-13-15-28-24-29(16-20-35-22-21-33(4)31(35)38)36(25-28)26-30(37)34(18-8-6-2)19-11-9-10-17-32;1-2(3)4/h5,7,13-15,28-29H,6,8-12,16-26,32H2,1-4H3;1H3,(H,3,4)/b7-5+,15-13+,27-14+;/t28-,29+;/m1./s1. The summed E-state index contributed by atoms with van der Waals surface area (Å²) in [4.78, 5) is 43.1. The van der Waals surface area contributed by atoms with Crippen molar-refractivity contribution in [1.29, 1.82) is 0 Å². The molecule has 43 heavy (non-hydrogen) atoms. The normalized spacial score (nSPS) is 19.4. The van der Waals surface area contributed by atoms with Crippen molar-refractivity contribution in [1.82, 2.24) is 19.6 Å². The summed E-state index contributed by atoms with van der Waals surface area (Å²) in [6.45, 7) is 13.9. The minimum Gasteiger partial charge on any atom is -0.498 e. The highest BCUT2D eigenvalue weighted by Gasteiger charge is 2.34. The van der Waals surface area contributed by atoms with Crippen LogP contribution in [0.5, 0.6) is 0 Å². The summed E-state index contributed by atoms with van der Waals surface area (Å²) < 4.78 is 5.77. The van der Waals surface area contributed by atoms with Gasteiger partial charge in [-0.1, -0.05) is 44.1 Å². The molecule has 0 bridgehead atoms. The number of unbranched alkanes of at least 4 members (excludes halogenated alkanes) is 3. The van der Waals surface area contributed by atoms with E-state index in [0.29, 0.717) is 25.6 Å². The summed E-state index contributed by atoms with van der Waals surface area (Å²) >= 11 is 0. The number of carboxylic acid groups (broad SMARTS) is 1. The third kappa shape index (κ3) is 16.5. The second-order valence-corrected chi connectivity index (χ2v) is 11.5. The number of amides is 3. The summed E-state index contributed by atoms with van der Waals surface area (Å²) in [6.07, 6.45) is 18.5. The molecular weight excluding hydrogens is 546 g/mol. The van der Waals surface area contributed by atoms with Gasteiger partial charge in [0.05, 0.1) is 18.9 Å². The largest absolute Gasteiger partial charge is 0.498 e. The molecule has 2 heterocycles. The number of nitrogens with zero attached hydrogens (tertiary/aromatic N) is 4. The molecule has 2 rings (SSSR count). The van der Waals surface area contributed by atoms with Crippen molar-refractivity contribution in [2.45, 2.75) is 85.1 Å². The first-order chi connectivity index (χ1) is 20.6. The number of likely N-dealkylation sites (N-methyl/N-ethyl adjacent to an activating group) is 1. The third-order valence-corrected chi connectivity index (χ3v) is 7.76. The van der Waals surface area contributed by atoms with E-state index in [1.54, 1.807) is 4.90 Å². The fraction of sp³-hybridized carbons (Fsp3) is 0.727. The molecule has 0 aromatic heterocycles. The zero-order valence-corrected chi connectivity index (χ0v) is 27.5. The molecule has 2 atom stereocenters. The molecule has 2 aliphatic rings. The SMILES string of the molecule is C/C=C/CCO/C(C)=C/C=C/[C@@H]1C[C@H](CCN2CCN(C)C2=O)N(CC(=O)N(CCCC)CCCCCN)C1.CC(=O)O. The highest BCUT2D eigenvalue weighted by molar-refractivity contribution is 5.78. The van der Waals surface area contributed by atoms with Gasteiger partial charge in [-0.05, 0) is 70.9 Å². The van der Waals surface area contributed by atoms with Gasteiger partial charge in [0, 0.05) is 59.3 Å². The van der Waals surface area contributed by atoms with E-state index < -0.39 is 5.97 Å². The van der Waals surface area contributed by atoms with Gasteiger partial charge >= 0.3 is 6.03 Å². The summed E-state index contributed by atoms with van der Waals surface area (Å²) in [5.41, 5.74) is 5.66. The van der Waals surface area contributed by atoms with E-state index in [1.165, 1.54) is 0 Å². The van der Waals surface area contributed by atoms with Crippen molar-refractivity contribution >= 4 is 17.9 Å². The monoisotopic (exact) mass is 605 g/mol. The van der Waals surface area contributed by atoms with Crippen LogP contribution in [0, 0.1) is 5.92 Å². The molecule has 3 amide bonds. The minimum absolute atomic E-state index is 0.116. The van der Waals surface area contributed by atoms with Crippen molar-refractivity contribution < 1.29 is 24.2 Å². The molecule has 246 valence electrons. The lowest BCUT2D eigenvalue weighted by Crippen LogP contribution is -2.44. The van der Waals surface area contributed by atoms with Crippen LogP contribution in [0.25, 0.3) is 0 Å². The molecule has 2 saturated heterocycles. The van der Waals surface area contributed by atoms with Gasteiger partial charge in [0.1, 0.15) is 0 Å². The maximum absolute atomic E-state index is 13.5. The van der Waals surface area contributed by atoms with Gasteiger partial charge in [-0.25, -0.2) is 4.79 Å². The molecule has 0 unspecified atom stereocenters. The van der Waals surface area contributed by atoms with E-state index in [-0.39, 0.29) is 18.0 Å². The average Bonchev–Trinajstić information content (AvgIpc) is 3.50. The Bertz CT molecular complexity index is 902. The summed E-state index contributed by atoms with van der Waals surface area (Å²) in [5, 5.41) is 7.42. The Morgan fingerprint density at radius 2 is 1.86 bits per heavy atom. The summed E-state index contributed by atoms with van der Waals surface area (Å²) in [6, 6.07) is 0.403. The second-order valence-electron chi connectivity index (χ2n) is 11.5. The van der Waals surface area contributed by atoms with Crippen LogP contribution in [-0.4, -0.2) is 115 Å². The predicted octanol–water partition coefficient (Wildman–Crippen LogP) is 4.73. The Morgan fingerprint density at radius 1 is 1.14 bits per heavy atom. The summed E-state index contributed by atoms with van der Waals surface area (Å²) in [7, 11) is 1.86. The highest BCUT2D eigenvalue weighted by Crippen LogP contribution is 2.27. The number of likely N-dealkylation sites (tertiary alicyclic amines) is 1. The number of allylic oxidation sites excluding steroid dienone is 4. The quantitative estimate of drug-likeness (QED) is 0.0946. The second kappa shape index (κ2) is 22.7. The number of hydrogen-bond donors (Lipinski definition) is 2. The lowest BCUT2D eigenvalue weighted by Gasteiger charge is -2.29. The number of rotatable bonds is 19. The molecule has 3 N–H and O–H groups in total. The van der Waals surface area contributed by atoms with Crippen molar-refractivity contribution in [2.75, 3.05) is 66.0 Å². The molecule has 10 nitrogen and oxygen atoms in total. The van der Waals surface area contributed by atoms with Gasteiger partial charge in [-0.15, -0.1) is 0 Å². The molecule has 0 radical (unpaired) electrons. The fourth-order valence-electron chi connectivity index (χ4n) is 5.33. The molecule has 0 aromatic carbocycles. The van der Waals surface area contributed by atoms with Gasteiger partial charge in [0.25, 0.3) is 5.97 Å². The molecule has 0 aromatic rings. The van der Waals surface area contributed by atoms with Crippen molar-refractivity contribution in [2.24, 2.45) is 11.7 Å². The van der Waals surface area contributed by atoms with Gasteiger partial charge in [-0.3, -0.25) is 14.5 Å². The Labute approximate surface area is 260 Å². The number of nitrogens with two attached hydrogens (primary N) is 1. The Hall–Kier alpha value is -2.85. The maximum atomic E-state index is 13.5.